The van der Waals surface area contributed by atoms with Gasteiger partial charge >= 0.3 is 5.97 Å². The second kappa shape index (κ2) is 7.97. The molecule has 1 saturated heterocycles. The van der Waals surface area contributed by atoms with E-state index in [0.29, 0.717) is 38.9 Å². The Morgan fingerprint density at radius 2 is 2.00 bits per heavy atom. The number of carbonyl (C=O) groups is 2. The number of rotatable bonds is 7. The van der Waals surface area contributed by atoms with Crippen LogP contribution in [0.4, 0.5) is 0 Å². The van der Waals surface area contributed by atoms with E-state index in [2.05, 4.69) is 5.32 Å². The van der Waals surface area contributed by atoms with Gasteiger partial charge in [0, 0.05) is 26.2 Å². The third-order valence-corrected chi connectivity index (χ3v) is 4.34. The Morgan fingerprint density at radius 1 is 1.30 bits per heavy atom. The smallest absolute Gasteiger partial charge is 0.311 e. The molecule has 1 heterocycles. The monoisotopic (exact) mass is 321 g/mol. The number of amides is 1. The van der Waals surface area contributed by atoms with Crippen LogP contribution in [0.15, 0.2) is 24.3 Å². The fraction of sp³-hybridized carbons (Fsp3) is 0.529. The number of hydrogen-bond donors (Lipinski definition) is 2. The van der Waals surface area contributed by atoms with E-state index >= 15 is 0 Å². The van der Waals surface area contributed by atoms with Gasteiger partial charge in [-0.1, -0.05) is 18.2 Å². The first-order chi connectivity index (χ1) is 11.1. The summed E-state index contributed by atoms with van der Waals surface area (Å²) in [4.78, 5) is 23.6. The van der Waals surface area contributed by atoms with Crippen LogP contribution < -0.4 is 10.1 Å². The number of aryl methyl sites for hydroxylation is 1. The molecule has 0 aromatic heterocycles. The van der Waals surface area contributed by atoms with Gasteiger partial charge in [-0.15, -0.1) is 0 Å². The molecule has 126 valence electrons. The molecule has 0 unspecified atom stereocenters. The van der Waals surface area contributed by atoms with Crippen LogP contribution in [-0.2, 0) is 20.7 Å². The zero-order chi connectivity index (χ0) is 16.7. The predicted octanol–water partition coefficient (Wildman–Crippen LogP) is 1.63. The Balaban J connectivity index is 1.86. The van der Waals surface area contributed by atoms with Gasteiger partial charge in [-0.25, -0.2) is 0 Å². The van der Waals surface area contributed by atoms with Crippen molar-refractivity contribution in [1.29, 1.82) is 0 Å². The van der Waals surface area contributed by atoms with E-state index in [1.807, 2.05) is 24.3 Å². The molecule has 2 rings (SSSR count). The van der Waals surface area contributed by atoms with Crippen LogP contribution in [0.25, 0.3) is 0 Å². The van der Waals surface area contributed by atoms with E-state index in [9.17, 15) is 14.7 Å². The third-order valence-electron chi connectivity index (χ3n) is 4.34. The zero-order valence-corrected chi connectivity index (χ0v) is 13.3. The normalized spacial score (nSPS) is 16.6. The molecule has 1 amide bonds. The number of methoxy groups -OCH3 is 1. The van der Waals surface area contributed by atoms with Crippen molar-refractivity contribution in [2.45, 2.75) is 25.7 Å². The number of carboxylic acids is 1. The molecule has 0 aliphatic carbocycles. The number of carboxylic acid groups (broad SMARTS) is 1. The minimum atomic E-state index is -0.904. The van der Waals surface area contributed by atoms with Crippen molar-refractivity contribution < 1.29 is 24.2 Å². The van der Waals surface area contributed by atoms with Gasteiger partial charge in [0.1, 0.15) is 5.75 Å². The van der Waals surface area contributed by atoms with Gasteiger partial charge in [-0.2, -0.15) is 0 Å². The lowest BCUT2D eigenvalue weighted by molar-refractivity contribution is -0.154. The fourth-order valence-electron chi connectivity index (χ4n) is 2.74. The van der Waals surface area contributed by atoms with Crippen LogP contribution in [0.3, 0.4) is 0 Å². The summed E-state index contributed by atoms with van der Waals surface area (Å²) in [5, 5.41) is 12.2. The highest BCUT2D eigenvalue weighted by Gasteiger charge is 2.40. The first-order valence-corrected chi connectivity index (χ1v) is 7.77. The van der Waals surface area contributed by atoms with Gasteiger partial charge in [0.05, 0.1) is 12.5 Å². The molecule has 0 spiro atoms. The summed E-state index contributed by atoms with van der Waals surface area (Å²) in [5.41, 5.74) is 0.0578. The second-order valence-electron chi connectivity index (χ2n) is 5.79. The number of benzene rings is 1. The SMILES string of the molecule is COc1ccccc1CCC(=O)NCC1(C(=O)O)CCOCC1. The quantitative estimate of drug-likeness (QED) is 0.797. The Kier molecular flexibility index (Phi) is 5.98. The molecule has 0 bridgehead atoms. The highest BCUT2D eigenvalue weighted by Crippen LogP contribution is 2.30. The highest BCUT2D eigenvalue weighted by atomic mass is 16.5. The molecule has 1 aromatic carbocycles. The Bertz CT molecular complexity index is 552. The molecule has 1 fully saturated rings. The molecular weight excluding hydrogens is 298 g/mol. The maximum Gasteiger partial charge on any atom is 0.311 e. The molecule has 1 aliphatic rings. The Hall–Kier alpha value is -2.08. The summed E-state index contributed by atoms with van der Waals surface area (Å²) in [7, 11) is 1.60. The molecule has 2 N–H and O–H groups in total. The lowest BCUT2D eigenvalue weighted by Gasteiger charge is -2.33. The minimum absolute atomic E-state index is 0.149. The summed E-state index contributed by atoms with van der Waals surface area (Å²) < 4.78 is 10.5. The van der Waals surface area contributed by atoms with Crippen molar-refractivity contribution in [3.05, 3.63) is 29.8 Å². The fourth-order valence-corrected chi connectivity index (χ4v) is 2.74. The number of nitrogens with one attached hydrogen (secondary N) is 1. The largest absolute Gasteiger partial charge is 0.496 e. The average molecular weight is 321 g/mol. The van der Waals surface area contributed by atoms with Crippen LogP contribution in [0.5, 0.6) is 5.75 Å². The van der Waals surface area contributed by atoms with Crippen molar-refractivity contribution in [3.63, 3.8) is 0 Å². The predicted molar refractivity (Wildman–Crippen MR) is 84.4 cm³/mol. The van der Waals surface area contributed by atoms with Crippen LogP contribution in [0, 0.1) is 5.41 Å². The number of ether oxygens (including phenoxy) is 2. The van der Waals surface area contributed by atoms with Gasteiger partial charge in [-0.05, 0) is 30.9 Å². The summed E-state index contributed by atoms with van der Waals surface area (Å²) in [6.45, 7) is 0.989. The molecular formula is C17H23NO5. The molecule has 23 heavy (non-hydrogen) atoms. The van der Waals surface area contributed by atoms with Gasteiger partial charge in [0.15, 0.2) is 0 Å². The zero-order valence-electron chi connectivity index (χ0n) is 13.3. The maximum absolute atomic E-state index is 12.0. The average Bonchev–Trinajstić information content (AvgIpc) is 2.59. The van der Waals surface area contributed by atoms with Crippen LogP contribution in [0.2, 0.25) is 0 Å². The van der Waals surface area contributed by atoms with E-state index in [4.69, 9.17) is 9.47 Å². The molecule has 6 heteroatoms. The van der Waals surface area contributed by atoms with E-state index in [1.165, 1.54) is 0 Å². The lowest BCUT2D eigenvalue weighted by Crippen LogP contribution is -2.46. The summed E-state index contributed by atoms with van der Waals surface area (Å²) in [5.74, 6) is -0.263. The molecule has 0 radical (unpaired) electrons. The van der Waals surface area contributed by atoms with Crippen molar-refractivity contribution in [2.75, 3.05) is 26.9 Å². The van der Waals surface area contributed by atoms with Gasteiger partial charge < -0.3 is 19.9 Å². The Morgan fingerprint density at radius 3 is 2.65 bits per heavy atom. The standard InChI is InChI=1S/C17H23NO5/c1-22-14-5-3-2-4-13(14)6-7-15(19)18-12-17(16(20)21)8-10-23-11-9-17/h2-5H,6-12H2,1H3,(H,18,19)(H,20,21). The molecule has 1 aliphatic heterocycles. The van der Waals surface area contributed by atoms with E-state index in [-0.39, 0.29) is 12.5 Å². The van der Waals surface area contributed by atoms with Crippen LogP contribution in [0.1, 0.15) is 24.8 Å². The molecule has 0 saturated carbocycles. The summed E-state index contributed by atoms with van der Waals surface area (Å²) >= 11 is 0. The first-order valence-electron chi connectivity index (χ1n) is 7.77. The van der Waals surface area contributed by atoms with Crippen molar-refractivity contribution >= 4 is 11.9 Å². The van der Waals surface area contributed by atoms with Gasteiger partial charge in [0.2, 0.25) is 5.91 Å². The number of aliphatic carboxylic acids is 1. The van der Waals surface area contributed by atoms with Crippen LogP contribution >= 0.6 is 0 Å². The lowest BCUT2D eigenvalue weighted by atomic mass is 9.80. The Labute approximate surface area is 135 Å². The first kappa shape index (κ1) is 17.3. The van der Waals surface area contributed by atoms with E-state index in [1.54, 1.807) is 7.11 Å². The third kappa shape index (κ3) is 4.45. The van der Waals surface area contributed by atoms with Gasteiger partial charge in [0.25, 0.3) is 0 Å². The maximum atomic E-state index is 12.0. The number of carbonyl (C=O) groups excluding carboxylic acids is 1. The minimum Gasteiger partial charge on any atom is -0.496 e. The highest BCUT2D eigenvalue weighted by molar-refractivity contribution is 5.79. The van der Waals surface area contributed by atoms with Gasteiger partial charge in [-0.3, -0.25) is 9.59 Å². The van der Waals surface area contributed by atoms with Crippen LogP contribution in [-0.4, -0.2) is 43.9 Å². The number of para-hydroxylation sites is 1. The van der Waals surface area contributed by atoms with Crippen molar-refractivity contribution in [3.8, 4) is 5.75 Å². The van der Waals surface area contributed by atoms with Crippen molar-refractivity contribution in [2.24, 2.45) is 5.41 Å². The molecule has 6 nitrogen and oxygen atoms in total. The van der Waals surface area contributed by atoms with E-state index in [0.717, 1.165) is 11.3 Å². The summed E-state index contributed by atoms with van der Waals surface area (Å²) in [6.07, 6.45) is 1.70. The summed E-state index contributed by atoms with van der Waals surface area (Å²) in [6, 6.07) is 7.55. The van der Waals surface area contributed by atoms with Crippen molar-refractivity contribution in [1.82, 2.24) is 5.32 Å². The number of hydrogen-bond acceptors (Lipinski definition) is 4. The molecule has 1 aromatic rings. The second-order valence-corrected chi connectivity index (χ2v) is 5.79. The van der Waals surface area contributed by atoms with E-state index < -0.39 is 11.4 Å². The molecule has 0 atom stereocenters. The topological polar surface area (TPSA) is 84.9 Å².